The first-order valence-electron chi connectivity index (χ1n) is 5.93. The molecule has 1 N–H and O–H groups in total. The monoisotopic (exact) mass is 385 g/mol. The fourth-order valence-corrected chi connectivity index (χ4v) is 2.34. The smallest absolute Gasteiger partial charge is 0.259 e. The van der Waals surface area contributed by atoms with Crippen LogP contribution in [0.2, 0.25) is 0 Å². The number of rotatable bonds is 3. The van der Waals surface area contributed by atoms with Crippen LogP contribution in [0.25, 0.3) is 0 Å². The lowest BCUT2D eigenvalue weighted by Gasteiger charge is -2.12. The quantitative estimate of drug-likeness (QED) is 0.812. The van der Waals surface area contributed by atoms with Crippen molar-refractivity contribution in [3.63, 3.8) is 0 Å². The molecule has 0 atom stereocenters. The molecule has 5 heteroatoms. The van der Waals surface area contributed by atoms with Crippen LogP contribution in [0.5, 0.6) is 5.75 Å². The van der Waals surface area contributed by atoms with Crippen LogP contribution in [0, 0.1) is 16.3 Å². The van der Waals surface area contributed by atoms with E-state index in [0.29, 0.717) is 11.3 Å². The highest BCUT2D eigenvalue weighted by Gasteiger charge is 2.15. The van der Waals surface area contributed by atoms with Crippen molar-refractivity contribution in [3.8, 4) is 5.75 Å². The summed E-state index contributed by atoms with van der Waals surface area (Å²) < 4.78 is 19.7. The second-order valence-corrected chi connectivity index (χ2v) is 5.48. The number of ether oxygens (including phenoxy) is 1. The Labute approximate surface area is 130 Å². The zero-order valence-electron chi connectivity index (χ0n) is 11.0. The van der Waals surface area contributed by atoms with Crippen LogP contribution in [0.15, 0.2) is 36.4 Å². The summed E-state index contributed by atoms with van der Waals surface area (Å²) in [7, 11) is 1.50. The first kappa shape index (κ1) is 14.8. The minimum atomic E-state index is -0.461. The summed E-state index contributed by atoms with van der Waals surface area (Å²) >= 11 is 2.01. The molecule has 104 valence electrons. The molecule has 0 unspecified atom stereocenters. The van der Waals surface area contributed by atoms with E-state index in [1.54, 1.807) is 18.2 Å². The summed E-state index contributed by atoms with van der Waals surface area (Å²) in [6.07, 6.45) is 0. The van der Waals surface area contributed by atoms with Crippen molar-refractivity contribution in [2.45, 2.75) is 6.92 Å². The Kier molecular flexibility index (Phi) is 4.59. The number of carbonyl (C=O) groups is 1. The van der Waals surface area contributed by atoms with Gasteiger partial charge < -0.3 is 10.1 Å². The van der Waals surface area contributed by atoms with Gasteiger partial charge in [0.2, 0.25) is 0 Å². The summed E-state index contributed by atoms with van der Waals surface area (Å²) in [5.41, 5.74) is 1.38. The zero-order valence-corrected chi connectivity index (χ0v) is 13.2. The van der Waals surface area contributed by atoms with Crippen LogP contribution >= 0.6 is 22.6 Å². The molecular formula is C15H13FINO2. The Balaban J connectivity index is 2.31. The van der Waals surface area contributed by atoms with E-state index in [2.05, 4.69) is 5.32 Å². The van der Waals surface area contributed by atoms with Gasteiger partial charge in [-0.1, -0.05) is 12.1 Å². The molecule has 2 aromatic rings. The number of benzene rings is 2. The molecule has 1 amide bonds. The molecule has 0 bridgehead atoms. The number of amides is 1. The summed E-state index contributed by atoms with van der Waals surface area (Å²) in [5.74, 6) is -0.363. The van der Waals surface area contributed by atoms with Crippen molar-refractivity contribution in [2.24, 2.45) is 0 Å². The van der Waals surface area contributed by atoms with Crippen molar-refractivity contribution in [2.75, 3.05) is 12.4 Å². The highest BCUT2D eigenvalue weighted by atomic mass is 127. The molecule has 0 aromatic heterocycles. The molecule has 0 spiro atoms. The maximum atomic E-state index is 13.7. The first-order valence-corrected chi connectivity index (χ1v) is 7.01. The van der Waals surface area contributed by atoms with Gasteiger partial charge in [0.1, 0.15) is 11.6 Å². The van der Waals surface area contributed by atoms with E-state index in [1.807, 2.05) is 35.6 Å². The molecule has 0 aliphatic rings. The van der Waals surface area contributed by atoms with Crippen molar-refractivity contribution in [1.29, 1.82) is 0 Å². The minimum Gasteiger partial charge on any atom is -0.496 e. The molecule has 0 aliphatic heterocycles. The highest BCUT2D eigenvalue weighted by molar-refractivity contribution is 14.1. The van der Waals surface area contributed by atoms with E-state index < -0.39 is 11.7 Å². The minimum absolute atomic E-state index is 0.152. The van der Waals surface area contributed by atoms with Crippen molar-refractivity contribution < 1.29 is 13.9 Å². The average Bonchev–Trinajstić information content (AvgIpc) is 2.41. The Morgan fingerprint density at radius 1 is 1.30 bits per heavy atom. The number of halogens is 2. The van der Waals surface area contributed by atoms with E-state index in [4.69, 9.17) is 4.74 Å². The van der Waals surface area contributed by atoms with Gasteiger partial charge in [-0.25, -0.2) is 4.39 Å². The van der Waals surface area contributed by atoms with Gasteiger partial charge in [0.05, 0.1) is 18.4 Å². The number of para-hydroxylation sites is 1. The van der Waals surface area contributed by atoms with E-state index >= 15 is 0 Å². The second kappa shape index (κ2) is 6.21. The molecule has 0 heterocycles. The third-order valence-electron chi connectivity index (χ3n) is 2.84. The lowest BCUT2D eigenvalue weighted by molar-refractivity contribution is 0.102. The molecular weight excluding hydrogens is 372 g/mol. The number of carbonyl (C=O) groups excluding carboxylic acids is 1. The van der Waals surface area contributed by atoms with Gasteiger partial charge in [-0.05, 0) is 59.3 Å². The number of hydrogen-bond donors (Lipinski definition) is 1. The van der Waals surface area contributed by atoms with Gasteiger partial charge in [0, 0.05) is 3.57 Å². The van der Waals surface area contributed by atoms with Crippen LogP contribution < -0.4 is 10.1 Å². The number of hydrogen-bond acceptors (Lipinski definition) is 2. The standard InChI is InChI=1S/C15H13FINO2/c1-9-4-3-5-11(14(9)20-2)15(19)18-13-7-6-10(17)8-12(13)16/h3-8H,1-2H3,(H,18,19). The fraction of sp³-hybridized carbons (Fsp3) is 0.133. The van der Waals surface area contributed by atoms with Crippen LogP contribution in [-0.2, 0) is 0 Å². The lowest BCUT2D eigenvalue weighted by Crippen LogP contribution is -2.14. The molecule has 0 fully saturated rings. The second-order valence-electron chi connectivity index (χ2n) is 4.23. The van der Waals surface area contributed by atoms with Gasteiger partial charge in [-0.15, -0.1) is 0 Å². The van der Waals surface area contributed by atoms with Gasteiger partial charge in [0.15, 0.2) is 0 Å². The Morgan fingerprint density at radius 2 is 2.05 bits per heavy atom. The third kappa shape index (κ3) is 3.09. The maximum Gasteiger partial charge on any atom is 0.259 e. The van der Waals surface area contributed by atoms with Gasteiger partial charge in [0.25, 0.3) is 5.91 Å². The van der Waals surface area contributed by atoms with Crippen molar-refractivity contribution in [3.05, 3.63) is 56.9 Å². The summed E-state index contributed by atoms with van der Waals surface area (Å²) in [6.45, 7) is 1.85. The highest BCUT2D eigenvalue weighted by Crippen LogP contribution is 2.25. The molecule has 2 rings (SSSR count). The summed E-state index contributed by atoms with van der Waals surface area (Å²) in [6, 6.07) is 9.89. The first-order chi connectivity index (χ1) is 9.52. The molecule has 0 aliphatic carbocycles. The Bertz CT molecular complexity index is 658. The maximum absolute atomic E-state index is 13.7. The van der Waals surface area contributed by atoms with Crippen molar-refractivity contribution in [1.82, 2.24) is 0 Å². The molecule has 20 heavy (non-hydrogen) atoms. The molecule has 0 saturated heterocycles. The van der Waals surface area contributed by atoms with Crippen molar-refractivity contribution >= 4 is 34.2 Å². The SMILES string of the molecule is COc1c(C)cccc1C(=O)Nc1ccc(I)cc1F. The normalized spacial score (nSPS) is 10.2. The van der Waals surface area contributed by atoms with Gasteiger partial charge in [-0.2, -0.15) is 0 Å². The van der Waals surface area contributed by atoms with Crippen LogP contribution in [0.3, 0.4) is 0 Å². The molecule has 0 radical (unpaired) electrons. The average molecular weight is 385 g/mol. The van der Waals surface area contributed by atoms with Crippen LogP contribution in [-0.4, -0.2) is 13.0 Å². The number of nitrogens with one attached hydrogen (secondary N) is 1. The summed E-state index contributed by atoms with van der Waals surface area (Å²) in [4.78, 5) is 12.2. The van der Waals surface area contributed by atoms with E-state index in [9.17, 15) is 9.18 Å². The third-order valence-corrected chi connectivity index (χ3v) is 3.51. The summed E-state index contributed by atoms with van der Waals surface area (Å²) in [5, 5.41) is 2.56. The predicted molar refractivity (Wildman–Crippen MR) is 84.8 cm³/mol. The van der Waals surface area contributed by atoms with Crippen LogP contribution in [0.1, 0.15) is 15.9 Å². The lowest BCUT2D eigenvalue weighted by atomic mass is 10.1. The number of anilines is 1. The molecule has 2 aromatic carbocycles. The fourth-order valence-electron chi connectivity index (χ4n) is 1.88. The zero-order chi connectivity index (χ0) is 14.7. The van der Waals surface area contributed by atoms with Crippen LogP contribution in [0.4, 0.5) is 10.1 Å². The Hall–Kier alpha value is -1.63. The molecule has 3 nitrogen and oxygen atoms in total. The van der Waals surface area contributed by atoms with Gasteiger partial charge in [-0.3, -0.25) is 4.79 Å². The number of methoxy groups -OCH3 is 1. The predicted octanol–water partition coefficient (Wildman–Crippen LogP) is 4.00. The largest absolute Gasteiger partial charge is 0.496 e. The Morgan fingerprint density at radius 3 is 2.70 bits per heavy atom. The van der Waals surface area contributed by atoms with E-state index in [1.165, 1.54) is 19.2 Å². The van der Waals surface area contributed by atoms with E-state index in [-0.39, 0.29) is 5.69 Å². The van der Waals surface area contributed by atoms with E-state index in [0.717, 1.165) is 9.13 Å². The topological polar surface area (TPSA) is 38.3 Å². The van der Waals surface area contributed by atoms with Gasteiger partial charge >= 0.3 is 0 Å². The number of aryl methyl sites for hydroxylation is 1. The molecule has 0 saturated carbocycles.